The maximum absolute atomic E-state index is 12.7. The first kappa shape index (κ1) is 17.5. The van der Waals surface area contributed by atoms with Crippen LogP contribution in [-0.4, -0.2) is 33.4 Å². The fourth-order valence-corrected chi connectivity index (χ4v) is 2.88. The van der Waals surface area contributed by atoms with Crippen molar-refractivity contribution in [1.82, 2.24) is 20.2 Å². The molecular formula is C18H16F3N5O. The van der Waals surface area contributed by atoms with Crippen molar-refractivity contribution >= 4 is 11.4 Å². The highest BCUT2D eigenvalue weighted by molar-refractivity contribution is 5.77. The number of benzene rings is 2. The van der Waals surface area contributed by atoms with Crippen molar-refractivity contribution in [1.29, 1.82) is 0 Å². The van der Waals surface area contributed by atoms with Gasteiger partial charge >= 0.3 is 6.18 Å². The highest BCUT2D eigenvalue weighted by Gasteiger charge is 2.30. The minimum absolute atomic E-state index is 0.0706. The van der Waals surface area contributed by atoms with Gasteiger partial charge in [0.25, 0.3) is 0 Å². The molecule has 0 spiro atoms. The first-order chi connectivity index (χ1) is 13.0. The average molecular weight is 375 g/mol. The summed E-state index contributed by atoms with van der Waals surface area (Å²) in [5, 5.41) is 15.8. The van der Waals surface area contributed by atoms with Crippen LogP contribution in [0.4, 0.5) is 24.5 Å². The summed E-state index contributed by atoms with van der Waals surface area (Å²) in [6, 6.07) is 12.2. The lowest BCUT2D eigenvalue weighted by atomic mass is 10.1. The minimum atomic E-state index is -4.36. The summed E-state index contributed by atoms with van der Waals surface area (Å²) in [4.78, 5) is 1.55. The molecule has 1 unspecified atom stereocenters. The Labute approximate surface area is 153 Å². The average Bonchev–Trinajstić information content (AvgIpc) is 3.34. The van der Waals surface area contributed by atoms with Gasteiger partial charge < -0.3 is 10.1 Å². The summed E-state index contributed by atoms with van der Waals surface area (Å²) in [5.74, 6) is 0.442. The molecule has 27 heavy (non-hydrogen) atoms. The van der Waals surface area contributed by atoms with E-state index in [0.717, 1.165) is 18.6 Å². The number of hydrogen-bond acceptors (Lipinski definition) is 5. The van der Waals surface area contributed by atoms with E-state index in [2.05, 4.69) is 20.7 Å². The zero-order valence-electron chi connectivity index (χ0n) is 14.1. The number of hydrogen-bond donors (Lipinski definition) is 1. The fraction of sp³-hybridized carbons (Fsp3) is 0.278. The van der Waals surface area contributed by atoms with Gasteiger partial charge in [-0.3, -0.25) is 0 Å². The number of aromatic nitrogens is 4. The molecule has 0 radical (unpaired) electrons. The van der Waals surface area contributed by atoms with E-state index in [9.17, 15) is 13.2 Å². The Kier molecular flexibility index (Phi) is 4.53. The maximum Gasteiger partial charge on any atom is 0.416 e. The zero-order chi connectivity index (χ0) is 18.9. The smallest absolute Gasteiger partial charge is 0.379 e. The second-order valence-electron chi connectivity index (χ2n) is 6.20. The molecule has 1 N–H and O–H groups in total. The summed E-state index contributed by atoms with van der Waals surface area (Å²) < 4.78 is 43.5. The summed E-state index contributed by atoms with van der Waals surface area (Å²) in [7, 11) is 0. The second kappa shape index (κ2) is 6.99. The predicted molar refractivity (Wildman–Crippen MR) is 92.5 cm³/mol. The summed E-state index contributed by atoms with van der Waals surface area (Å²) >= 11 is 0. The van der Waals surface area contributed by atoms with Crippen LogP contribution in [0.3, 0.4) is 0 Å². The van der Waals surface area contributed by atoms with Gasteiger partial charge in [0.05, 0.1) is 18.2 Å². The van der Waals surface area contributed by atoms with Gasteiger partial charge in [-0.25, -0.2) is 0 Å². The lowest BCUT2D eigenvalue weighted by molar-refractivity contribution is -0.137. The molecule has 2 aromatic carbocycles. The Balaban J connectivity index is 1.58. The van der Waals surface area contributed by atoms with Gasteiger partial charge in [-0.15, -0.1) is 10.2 Å². The van der Waals surface area contributed by atoms with Crippen molar-refractivity contribution < 1.29 is 17.9 Å². The van der Waals surface area contributed by atoms with Crippen molar-refractivity contribution in [2.24, 2.45) is 0 Å². The first-order valence-electron chi connectivity index (χ1n) is 8.41. The Morgan fingerprint density at radius 1 is 1.07 bits per heavy atom. The SMILES string of the molecule is FC(F)(F)c1ccc(Nc2ccccc2-c2nnn(C3CCOC3)n2)cc1. The number of nitrogens with one attached hydrogen (secondary N) is 1. The summed E-state index contributed by atoms with van der Waals surface area (Å²) in [6.07, 6.45) is -3.52. The molecule has 4 rings (SSSR count). The monoisotopic (exact) mass is 375 g/mol. The van der Waals surface area contributed by atoms with E-state index in [4.69, 9.17) is 4.74 Å². The van der Waals surface area contributed by atoms with E-state index in [0.29, 0.717) is 36.0 Å². The molecule has 3 aromatic rings. The van der Waals surface area contributed by atoms with Gasteiger partial charge in [0.2, 0.25) is 5.82 Å². The minimum Gasteiger partial charge on any atom is -0.379 e. The standard InChI is InChI=1S/C18H16F3N5O/c19-18(20,21)12-5-7-13(8-6-12)22-16-4-2-1-3-15(16)17-23-25-26(24-17)14-9-10-27-11-14/h1-8,14,22H,9-11H2. The molecule has 6 nitrogen and oxygen atoms in total. The Bertz CT molecular complexity index is 917. The molecule has 0 saturated carbocycles. The largest absolute Gasteiger partial charge is 0.416 e. The van der Waals surface area contributed by atoms with Gasteiger partial charge in [0.1, 0.15) is 0 Å². The molecule has 0 bridgehead atoms. The third-order valence-corrected chi connectivity index (χ3v) is 4.32. The van der Waals surface area contributed by atoms with Crippen LogP contribution in [-0.2, 0) is 10.9 Å². The van der Waals surface area contributed by atoms with E-state index in [1.54, 1.807) is 4.80 Å². The van der Waals surface area contributed by atoms with E-state index in [1.807, 2.05) is 24.3 Å². The molecule has 0 amide bonds. The number of ether oxygens (including phenoxy) is 1. The van der Waals surface area contributed by atoms with Crippen LogP contribution in [0.2, 0.25) is 0 Å². The molecule has 140 valence electrons. The molecular weight excluding hydrogens is 359 g/mol. The number of alkyl halides is 3. The quantitative estimate of drug-likeness (QED) is 0.745. The third-order valence-electron chi connectivity index (χ3n) is 4.32. The Morgan fingerprint density at radius 3 is 2.56 bits per heavy atom. The van der Waals surface area contributed by atoms with Crippen LogP contribution in [0.1, 0.15) is 18.0 Å². The van der Waals surface area contributed by atoms with Crippen molar-refractivity contribution in [3.63, 3.8) is 0 Å². The molecule has 0 aliphatic carbocycles. The van der Waals surface area contributed by atoms with E-state index < -0.39 is 11.7 Å². The number of halogens is 3. The molecule has 2 heterocycles. The molecule has 1 fully saturated rings. The summed E-state index contributed by atoms with van der Waals surface area (Å²) in [5.41, 5.74) is 1.24. The highest BCUT2D eigenvalue weighted by Crippen LogP contribution is 2.32. The van der Waals surface area contributed by atoms with Gasteiger partial charge in [0.15, 0.2) is 0 Å². The van der Waals surface area contributed by atoms with Crippen LogP contribution in [0.25, 0.3) is 11.4 Å². The van der Waals surface area contributed by atoms with Crippen molar-refractivity contribution in [3.05, 3.63) is 54.1 Å². The molecule has 9 heteroatoms. The van der Waals surface area contributed by atoms with Crippen LogP contribution >= 0.6 is 0 Å². The normalized spacial score (nSPS) is 17.2. The predicted octanol–water partition coefficient (Wildman–Crippen LogP) is 4.06. The van der Waals surface area contributed by atoms with Crippen LogP contribution in [0.5, 0.6) is 0 Å². The Hall–Kier alpha value is -2.94. The maximum atomic E-state index is 12.7. The lowest BCUT2D eigenvalue weighted by Gasteiger charge is -2.11. The number of anilines is 2. The molecule has 1 saturated heterocycles. The van der Waals surface area contributed by atoms with Crippen molar-refractivity contribution in [2.45, 2.75) is 18.6 Å². The number of tetrazole rings is 1. The van der Waals surface area contributed by atoms with Gasteiger partial charge in [-0.1, -0.05) is 12.1 Å². The third kappa shape index (κ3) is 3.77. The Morgan fingerprint density at radius 2 is 1.85 bits per heavy atom. The molecule has 1 aliphatic rings. The topological polar surface area (TPSA) is 64.9 Å². The highest BCUT2D eigenvalue weighted by atomic mass is 19.4. The van der Waals surface area contributed by atoms with Crippen LogP contribution < -0.4 is 5.32 Å². The fourth-order valence-electron chi connectivity index (χ4n) is 2.88. The summed E-state index contributed by atoms with van der Waals surface area (Å²) in [6.45, 7) is 1.23. The molecule has 1 aliphatic heterocycles. The first-order valence-corrected chi connectivity index (χ1v) is 8.41. The number of para-hydroxylation sites is 1. The second-order valence-corrected chi connectivity index (χ2v) is 6.20. The van der Waals surface area contributed by atoms with E-state index in [1.165, 1.54) is 12.1 Å². The number of nitrogens with zero attached hydrogens (tertiary/aromatic N) is 4. The zero-order valence-corrected chi connectivity index (χ0v) is 14.1. The number of rotatable bonds is 4. The van der Waals surface area contributed by atoms with E-state index in [-0.39, 0.29) is 6.04 Å². The van der Waals surface area contributed by atoms with Crippen molar-refractivity contribution in [3.8, 4) is 11.4 Å². The van der Waals surface area contributed by atoms with Crippen LogP contribution in [0.15, 0.2) is 48.5 Å². The van der Waals surface area contributed by atoms with Gasteiger partial charge in [-0.05, 0) is 48.0 Å². The van der Waals surface area contributed by atoms with Crippen molar-refractivity contribution in [2.75, 3.05) is 18.5 Å². The molecule has 1 aromatic heterocycles. The van der Waals surface area contributed by atoms with E-state index >= 15 is 0 Å². The van der Waals surface area contributed by atoms with Crippen LogP contribution in [0, 0.1) is 0 Å². The van der Waals surface area contributed by atoms with Gasteiger partial charge in [-0.2, -0.15) is 18.0 Å². The molecule has 1 atom stereocenters. The lowest BCUT2D eigenvalue weighted by Crippen LogP contribution is -2.12. The van der Waals surface area contributed by atoms with Gasteiger partial charge in [0, 0.05) is 23.5 Å².